The molecule has 1 amide bonds. The molecule has 0 spiro atoms. The number of thioether (sulfide) groups is 1. The van der Waals surface area contributed by atoms with Crippen LogP contribution in [0.1, 0.15) is 22.5 Å². The van der Waals surface area contributed by atoms with Crippen LogP contribution in [0.3, 0.4) is 0 Å². The number of hydrogen-bond acceptors (Lipinski definition) is 6. The highest BCUT2D eigenvalue weighted by Crippen LogP contribution is 2.29. The number of para-hydroxylation sites is 1. The van der Waals surface area contributed by atoms with Gasteiger partial charge >= 0.3 is 0 Å². The topological polar surface area (TPSA) is 78.3 Å². The fourth-order valence-electron chi connectivity index (χ4n) is 3.59. The first-order chi connectivity index (χ1) is 17.0. The van der Waals surface area contributed by atoms with Gasteiger partial charge in [-0.3, -0.25) is 9.36 Å². The van der Waals surface area contributed by atoms with Crippen molar-refractivity contribution >= 4 is 17.7 Å². The zero-order valence-electron chi connectivity index (χ0n) is 20.0. The van der Waals surface area contributed by atoms with Gasteiger partial charge in [-0.2, -0.15) is 0 Å². The third-order valence-corrected chi connectivity index (χ3v) is 6.37. The summed E-state index contributed by atoms with van der Waals surface area (Å²) >= 11 is 1.36. The normalized spacial score (nSPS) is 10.7. The lowest BCUT2D eigenvalue weighted by molar-refractivity contribution is -0.118. The fourth-order valence-corrected chi connectivity index (χ4v) is 4.41. The van der Waals surface area contributed by atoms with Gasteiger partial charge in [0.15, 0.2) is 16.7 Å². The van der Waals surface area contributed by atoms with E-state index < -0.39 is 0 Å². The maximum Gasteiger partial charge on any atom is 0.230 e. The Bertz CT molecular complexity index is 1290. The quantitative estimate of drug-likeness (QED) is 0.321. The molecule has 0 fully saturated rings. The largest absolute Gasteiger partial charge is 0.493 e. The van der Waals surface area contributed by atoms with E-state index >= 15 is 0 Å². The van der Waals surface area contributed by atoms with E-state index in [4.69, 9.17) is 9.47 Å². The molecule has 1 N–H and O–H groups in total. The third kappa shape index (κ3) is 6.22. The number of amides is 1. The molecule has 0 atom stereocenters. The minimum absolute atomic E-state index is 0.0876. The number of carbonyl (C=O) groups excluding carboxylic acids is 1. The van der Waals surface area contributed by atoms with E-state index in [2.05, 4.69) is 15.5 Å². The lowest BCUT2D eigenvalue weighted by atomic mass is 10.2. The van der Waals surface area contributed by atoms with Crippen LogP contribution in [0.15, 0.2) is 78.0 Å². The van der Waals surface area contributed by atoms with Gasteiger partial charge in [-0.15, -0.1) is 10.2 Å². The molecular formula is C27H28N4O3S. The van der Waals surface area contributed by atoms with E-state index in [0.717, 1.165) is 28.2 Å². The molecule has 180 valence electrons. The maximum absolute atomic E-state index is 12.5. The molecule has 0 aliphatic heterocycles. The van der Waals surface area contributed by atoms with E-state index in [9.17, 15) is 4.79 Å². The molecule has 0 unspecified atom stereocenters. The van der Waals surface area contributed by atoms with Gasteiger partial charge in [-0.05, 0) is 48.7 Å². The van der Waals surface area contributed by atoms with E-state index in [-0.39, 0.29) is 11.7 Å². The van der Waals surface area contributed by atoms with Gasteiger partial charge in [0.2, 0.25) is 5.91 Å². The lowest BCUT2D eigenvalue weighted by Gasteiger charge is -2.13. The Balaban J connectivity index is 1.33. The molecule has 0 bridgehead atoms. The first kappa shape index (κ1) is 24.3. The Kier molecular flexibility index (Phi) is 8.05. The van der Waals surface area contributed by atoms with Gasteiger partial charge < -0.3 is 14.8 Å². The molecule has 1 heterocycles. The summed E-state index contributed by atoms with van der Waals surface area (Å²) in [5, 5.41) is 12.1. The summed E-state index contributed by atoms with van der Waals surface area (Å²) in [6, 6.07) is 23.7. The fraction of sp³-hybridized carbons (Fsp3) is 0.222. The number of benzene rings is 3. The van der Waals surface area contributed by atoms with Crippen molar-refractivity contribution in [1.82, 2.24) is 20.1 Å². The Morgan fingerprint density at radius 2 is 1.71 bits per heavy atom. The average molecular weight is 489 g/mol. The number of aryl methyl sites for hydroxylation is 2. The zero-order valence-corrected chi connectivity index (χ0v) is 20.8. The Hall–Kier alpha value is -3.78. The number of nitrogens with one attached hydrogen (secondary N) is 1. The van der Waals surface area contributed by atoms with Gasteiger partial charge in [0.05, 0.1) is 18.6 Å². The van der Waals surface area contributed by atoms with Crippen LogP contribution in [0.4, 0.5) is 0 Å². The minimum Gasteiger partial charge on any atom is -0.493 e. The highest BCUT2D eigenvalue weighted by molar-refractivity contribution is 7.99. The monoisotopic (exact) mass is 488 g/mol. The summed E-state index contributed by atoms with van der Waals surface area (Å²) < 4.78 is 13.4. The summed E-state index contributed by atoms with van der Waals surface area (Å²) in [4.78, 5) is 12.5. The average Bonchev–Trinajstić information content (AvgIpc) is 3.26. The number of methoxy groups -OCH3 is 1. The summed E-state index contributed by atoms with van der Waals surface area (Å²) in [5.41, 5.74) is 4.13. The van der Waals surface area contributed by atoms with Crippen LogP contribution in [0.25, 0.3) is 5.69 Å². The van der Waals surface area contributed by atoms with Gasteiger partial charge in [0.25, 0.3) is 0 Å². The van der Waals surface area contributed by atoms with Crippen LogP contribution in [0.5, 0.6) is 11.5 Å². The van der Waals surface area contributed by atoms with Gasteiger partial charge in [-0.1, -0.05) is 66.4 Å². The summed E-state index contributed by atoms with van der Waals surface area (Å²) in [5.74, 6) is 2.22. The molecule has 7 nitrogen and oxygen atoms in total. The molecule has 3 aromatic carbocycles. The van der Waals surface area contributed by atoms with Crippen molar-refractivity contribution in [2.24, 2.45) is 0 Å². The van der Waals surface area contributed by atoms with E-state index in [1.165, 1.54) is 11.8 Å². The van der Waals surface area contributed by atoms with Gasteiger partial charge in [0, 0.05) is 6.54 Å². The number of carbonyl (C=O) groups is 1. The molecule has 0 aliphatic carbocycles. The van der Waals surface area contributed by atoms with Crippen molar-refractivity contribution in [3.05, 3.63) is 95.3 Å². The molecule has 1 aromatic heterocycles. The number of ether oxygens (including phenoxy) is 2. The highest BCUT2D eigenvalue weighted by Gasteiger charge is 2.15. The highest BCUT2D eigenvalue weighted by atomic mass is 32.2. The van der Waals surface area contributed by atoms with Crippen LogP contribution < -0.4 is 14.8 Å². The van der Waals surface area contributed by atoms with Crippen molar-refractivity contribution in [2.75, 3.05) is 12.9 Å². The van der Waals surface area contributed by atoms with Gasteiger partial charge in [-0.25, -0.2) is 0 Å². The second-order valence-corrected chi connectivity index (χ2v) is 8.92. The number of rotatable bonds is 10. The standard InChI is InChI=1S/C27H28N4O3S/c1-19-9-7-8-12-23(19)31-20(2)29-30-27(31)35-18-26(32)28-16-22-13-14-24(25(15-22)33-3)34-17-21-10-5-4-6-11-21/h4-15H,16-18H2,1-3H3,(H,28,32). The lowest BCUT2D eigenvalue weighted by Crippen LogP contribution is -2.24. The molecule has 4 aromatic rings. The minimum atomic E-state index is -0.0876. The zero-order chi connectivity index (χ0) is 24.6. The molecular weight excluding hydrogens is 460 g/mol. The summed E-state index contributed by atoms with van der Waals surface area (Å²) in [6.07, 6.45) is 0. The van der Waals surface area contributed by atoms with Crippen LogP contribution in [0.2, 0.25) is 0 Å². The SMILES string of the molecule is COc1cc(CNC(=O)CSc2nnc(C)n2-c2ccccc2C)ccc1OCc1ccccc1. The molecule has 0 saturated carbocycles. The van der Waals surface area contributed by atoms with Crippen LogP contribution in [-0.2, 0) is 17.9 Å². The van der Waals surface area contributed by atoms with E-state index in [0.29, 0.717) is 29.8 Å². The van der Waals surface area contributed by atoms with Crippen molar-refractivity contribution in [3.63, 3.8) is 0 Å². The molecule has 0 saturated heterocycles. The first-order valence-electron chi connectivity index (χ1n) is 11.3. The predicted octanol–water partition coefficient (Wildman–Crippen LogP) is 4.88. The Morgan fingerprint density at radius 3 is 2.49 bits per heavy atom. The van der Waals surface area contributed by atoms with Gasteiger partial charge in [0.1, 0.15) is 12.4 Å². The second kappa shape index (κ2) is 11.6. The Morgan fingerprint density at radius 1 is 0.943 bits per heavy atom. The molecule has 4 rings (SSSR count). The van der Waals surface area contributed by atoms with E-state index in [1.807, 2.05) is 91.2 Å². The molecule has 35 heavy (non-hydrogen) atoms. The smallest absolute Gasteiger partial charge is 0.230 e. The molecule has 8 heteroatoms. The second-order valence-electron chi connectivity index (χ2n) is 7.98. The Labute approximate surface area is 209 Å². The van der Waals surface area contributed by atoms with Crippen molar-refractivity contribution < 1.29 is 14.3 Å². The first-order valence-corrected chi connectivity index (χ1v) is 12.2. The number of aromatic nitrogens is 3. The van der Waals surface area contributed by atoms with Crippen LogP contribution in [-0.4, -0.2) is 33.5 Å². The van der Waals surface area contributed by atoms with Crippen LogP contribution in [0, 0.1) is 13.8 Å². The number of nitrogens with zero attached hydrogens (tertiary/aromatic N) is 3. The van der Waals surface area contributed by atoms with E-state index in [1.54, 1.807) is 7.11 Å². The maximum atomic E-state index is 12.5. The van der Waals surface area contributed by atoms with Crippen molar-refractivity contribution in [1.29, 1.82) is 0 Å². The molecule has 0 radical (unpaired) electrons. The summed E-state index contributed by atoms with van der Waals surface area (Å²) in [7, 11) is 1.61. The van der Waals surface area contributed by atoms with Crippen LogP contribution >= 0.6 is 11.8 Å². The number of hydrogen-bond donors (Lipinski definition) is 1. The third-order valence-electron chi connectivity index (χ3n) is 5.44. The van der Waals surface area contributed by atoms with Crippen molar-refractivity contribution in [2.45, 2.75) is 32.2 Å². The predicted molar refractivity (Wildman–Crippen MR) is 137 cm³/mol. The molecule has 0 aliphatic rings. The summed E-state index contributed by atoms with van der Waals surface area (Å²) in [6.45, 7) is 4.79. The van der Waals surface area contributed by atoms with Crippen molar-refractivity contribution in [3.8, 4) is 17.2 Å².